The maximum Gasteiger partial charge on any atom is 0.255 e. The Kier molecular flexibility index (Phi) is 8.68. The van der Waals surface area contributed by atoms with Gasteiger partial charge in [0.05, 0.1) is 19.8 Å². The van der Waals surface area contributed by atoms with Crippen molar-refractivity contribution in [3.8, 4) is 5.75 Å². The summed E-state index contributed by atoms with van der Waals surface area (Å²) in [5, 5.41) is 2.98. The van der Waals surface area contributed by atoms with E-state index in [2.05, 4.69) is 24.4 Å². The maximum atomic E-state index is 12.8. The Balaban J connectivity index is 1.65. The van der Waals surface area contributed by atoms with Crippen molar-refractivity contribution in [1.29, 1.82) is 0 Å². The van der Waals surface area contributed by atoms with E-state index in [0.29, 0.717) is 25.4 Å². The van der Waals surface area contributed by atoms with Crippen molar-refractivity contribution in [2.45, 2.75) is 46.3 Å². The Labute approximate surface area is 185 Å². The van der Waals surface area contributed by atoms with E-state index in [1.54, 1.807) is 6.07 Å². The number of unbranched alkanes of at least 4 members (excludes halogenated alkanes) is 1. The van der Waals surface area contributed by atoms with Crippen molar-refractivity contribution in [3.05, 3.63) is 95.1 Å². The van der Waals surface area contributed by atoms with Crippen LogP contribution in [-0.2, 0) is 24.4 Å². The fourth-order valence-electron chi connectivity index (χ4n) is 3.32. The minimum absolute atomic E-state index is 0.145. The molecule has 0 saturated heterocycles. The number of carbonyl (C=O) groups is 1. The Hall–Kier alpha value is -3.11. The molecule has 162 valence electrons. The molecule has 0 spiro atoms. The second kappa shape index (κ2) is 11.9. The number of hydrogen-bond donors (Lipinski definition) is 1. The lowest BCUT2D eigenvalue weighted by molar-refractivity contribution is 0.101. The number of benzene rings is 3. The third-order valence-corrected chi connectivity index (χ3v) is 5.02. The van der Waals surface area contributed by atoms with Crippen molar-refractivity contribution in [2.24, 2.45) is 0 Å². The summed E-state index contributed by atoms with van der Waals surface area (Å²) in [7, 11) is 0. The Morgan fingerprint density at radius 2 is 1.65 bits per heavy atom. The van der Waals surface area contributed by atoms with E-state index in [9.17, 15) is 4.79 Å². The molecule has 1 amide bonds. The highest BCUT2D eigenvalue weighted by molar-refractivity contribution is 6.04. The van der Waals surface area contributed by atoms with Gasteiger partial charge in [-0.25, -0.2) is 0 Å². The minimum Gasteiger partial charge on any atom is -0.494 e. The largest absolute Gasteiger partial charge is 0.494 e. The van der Waals surface area contributed by atoms with Crippen molar-refractivity contribution in [2.75, 3.05) is 11.9 Å². The molecule has 3 rings (SSSR count). The summed E-state index contributed by atoms with van der Waals surface area (Å²) < 4.78 is 11.6. The third-order valence-electron chi connectivity index (χ3n) is 5.02. The zero-order chi connectivity index (χ0) is 21.9. The molecular formula is C27H31NO3. The third kappa shape index (κ3) is 6.97. The molecular weight excluding hydrogens is 386 g/mol. The van der Waals surface area contributed by atoms with Crippen molar-refractivity contribution in [3.63, 3.8) is 0 Å². The number of amides is 1. The average Bonchev–Trinajstić information content (AvgIpc) is 2.80. The van der Waals surface area contributed by atoms with Crippen molar-refractivity contribution in [1.82, 2.24) is 0 Å². The quantitative estimate of drug-likeness (QED) is 0.393. The highest BCUT2D eigenvalue weighted by Gasteiger charge is 2.12. The molecule has 0 radical (unpaired) electrons. The number of aryl methyl sites for hydroxylation is 1. The zero-order valence-corrected chi connectivity index (χ0v) is 18.4. The van der Waals surface area contributed by atoms with Gasteiger partial charge in [-0.3, -0.25) is 4.79 Å². The van der Waals surface area contributed by atoms with Crippen molar-refractivity contribution >= 4 is 11.6 Å². The van der Waals surface area contributed by atoms with Crippen molar-refractivity contribution < 1.29 is 14.3 Å². The Morgan fingerprint density at radius 1 is 0.871 bits per heavy atom. The van der Waals surface area contributed by atoms with Crippen LogP contribution in [0.15, 0.2) is 72.8 Å². The number of hydrogen-bond acceptors (Lipinski definition) is 3. The molecule has 3 aromatic rings. The van der Waals surface area contributed by atoms with E-state index in [1.807, 2.05) is 61.5 Å². The minimum atomic E-state index is -0.145. The van der Waals surface area contributed by atoms with E-state index in [0.717, 1.165) is 29.0 Å². The monoisotopic (exact) mass is 417 g/mol. The van der Waals surface area contributed by atoms with Crippen LogP contribution in [0.5, 0.6) is 5.75 Å². The molecule has 0 aliphatic rings. The number of carbonyl (C=O) groups excluding carboxylic acids is 1. The predicted octanol–water partition coefficient (Wildman–Crippen LogP) is 6.40. The van der Waals surface area contributed by atoms with Crippen LogP contribution < -0.4 is 10.1 Å². The Bertz CT molecular complexity index is 952. The van der Waals surface area contributed by atoms with Crippen LogP contribution in [0.3, 0.4) is 0 Å². The molecule has 0 aromatic heterocycles. The second-order valence-corrected chi connectivity index (χ2v) is 7.49. The van der Waals surface area contributed by atoms with Gasteiger partial charge in [-0.1, -0.05) is 55.8 Å². The summed E-state index contributed by atoms with van der Waals surface area (Å²) in [6.07, 6.45) is 3.41. The van der Waals surface area contributed by atoms with Gasteiger partial charge in [0, 0.05) is 16.8 Å². The van der Waals surface area contributed by atoms with E-state index >= 15 is 0 Å². The number of rotatable bonds is 11. The molecule has 0 unspecified atom stereocenters. The van der Waals surface area contributed by atoms with Crippen LogP contribution in [-0.4, -0.2) is 12.5 Å². The molecule has 4 heteroatoms. The first-order valence-electron chi connectivity index (χ1n) is 11.0. The van der Waals surface area contributed by atoms with Gasteiger partial charge in [0.1, 0.15) is 5.75 Å². The molecule has 31 heavy (non-hydrogen) atoms. The standard InChI is InChI=1S/C27H31NO3/c1-3-5-9-21-12-15-25(16-13-21)28-27(29)23-14-17-26(31-4-2)24(18-23)20-30-19-22-10-7-6-8-11-22/h6-8,10-18H,3-5,9,19-20H2,1-2H3,(H,28,29). The lowest BCUT2D eigenvalue weighted by atomic mass is 10.1. The predicted molar refractivity (Wildman–Crippen MR) is 126 cm³/mol. The summed E-state index contributed by atoms with van der Waals surface area (Å²) in [6, 6.07) is 23.6. The fraction of sp³-hybridized carbons (Fsp3) is 0.296. The van der Waals surface area contributed by atoms with Gasteiger partial charge in [0.25, 0.3) is 5.91 Å². The maximum absolute atomic E-state index is 12.8. The molecule has 0 fully saturated rings. The first kappa shape index (κ1) is 22.6. The van der Waals surface area contributed by atoms with E-state index < -0.39 is 0 Å². The smallest absolute Gasteiger partial charge is 0.255 e. The highest BCUT2D eigenvalue weighted by atomic mass is 16.5. The van der Waals surface area contributed by atoms with E-state index in [1.165, 1.54) is 18.4 Å². The summed E-state index contributed by atoms with van der Waals surface area (Å²) >= 11 is 0. The zero-order valence-electron chi connectivity index (χ0n) is 18.4. The van der Waals surface area contributed by atoms with E-state index in [-0.39, 0.29) is 5.91 Å². The van der Waals surface area contributed by atoms with Crippen LogP contribution in [0, 0.1) is 0 Å². The van der Waals surface area contributed by atoms with Crippen LogP contribution in [0.4, 0.5) is 5.69 Å². The summed E-state index contributed by atoms with van der Waals surface area (Å²) in [5.74, 6) is 0.598. The highest BCUT2D eigenvalue weighted by Crippen LogP contribution is 2.23. The molecule has 0 aliphatic carbocycles. The molecule has 0 saturated carbocycles. The number of nitrogens with one attached hydrogen (secondary N) is 1. The van der Waals surface area contributed by atoms with Gasteiger partial charge in [0.2, 0.25) is 0 Å². The normalized spacial score (nSPS) is 10.6. The Morgan fingerprint density at radius 3 is 2.35 bits per heavy atom. The molecule has 3 aromatic carbocycles. The van der Waals surface area contributed by atoms with Crippen LogP contribution in [0.25, 0.3) is 0 Å². The fourth-order valence-corrected chi connectivity index (χ4v) is 3.32. The molecule has 0 atom stereocenters. The summed E-state index contributed by atoms with van der Waals surface area (Å²) in [4.78, 5) is 12.8. The van der Waals surface area contributed by atoms with Crippen LogP contribution >= 0.6 is 0 Å². The molecule has 4 nitrogen and oxygen atoms in total. The van der Waals surface area contributed by atoms with Gasteiger partial charge in [-0.2, -0.15) is 0 Å². The van der Waals surface area contributed by atoms with Crippen LogP contribution in [0.1, 0.15) is 53.7 Å². The van der Waals surface area contributed by atoms with Gasteiger partial charge in [-0.05, 0) is 61.2 Å². The molecule has 0 aliphatic heterocycles. The lowest BCUT2D eigenvalue weighted by Crippen LogP contribution is -2.13. The van der Waals surface area contributed by atoms with Gasteiger partial charge in [0.15, 0.2) is 0 Å². The SMILES string of the molecule is CCCCc1ccc(NC(=O)c2ccc(OCC)c(COCc3ccccc3)c2)cc1. The summed E-state index contributed by atoms with van der Waals surface area (Å²) in [6.45, 7) is 5.57. The first-order chi connectivity index (χ1) is 15.2. The van der Waals surface area contributed by atoms with Crippen LogP contribution in [0.2, 0.25) is 0 Å². The topological polar surface area (TPSA) is 47.6 Å². The van der Waals surface area contributed by atoms with Gasteiger partial charge < -0.3 is 14.8 Å². The molecule has 1 N–H and O–H groups in total. The number of anilines is 1. The second-order valence-electron chi connectivity index (χ2n) is 7.49. The molecule has 0 bridgehead atoms. The lowest BCUT2D eigenvalue weighted by Gasteiger charge is -2.13. The van der Waals surface area contributed by atoms with Gasteiger partial charge >= 0.3 is 0 Å². The van der Waals surface area contributed by atoms with Gasteiger partial charge in [-0.15, -0.1) is 0 Å². The summed E-state index contributed by atoms with van der Waals surface area (Å²) in [5.41, 5.74) is 4.63. The first-order valence-corrected chi connectivity index (χ1v) is 11.0. The number of ether oxygens (including phenoxy) is 2. The van der Waals surface area contributed by atoms with E-state index in [4.69, 9.17) is 9.47 Å². The average molecular weight is 418 g/mol. The molecule has 0 heterocycles.